The number of ether oxygens (including phenoxy) is 1. The van der Waals surface area contributed by atoms with E-state index < -0.39 is 5.92 Å². The molecule has 0 N–H and O–H groups in total. The lowest BCUT2D eigenvalue weighted by molar-refractivity contribution is -0.116. The van der Waals surface area contributed by atoms with Crippen LogP contribution in [0.5, 0.6) is 5.88 Å². The van der Waals surface area contributed by atoms with Crippen molar-refractivity contribution in [3.8, 4) is 17.3 Å². The quantitative estimate of drug-likeness (QED) is 0.474. The molecule has 4 heterocycles. The van der Waals surface area contributed by atoms with Gasteiger partial charge in [0, 0.05) is 24.0 Å². The number of furan rings is 1. The van der Waals surface area contributed by atoms with Gasteiger partial charge in [-0.3, -0.25) is 4.79 Å². The Kier molecular flexibility index (Phi) is 3.79. The van der Waals surface area contributed by atoms with Crippen LogP contribution in [0.25, 0.3) is 17.0 Å². The van der Waals surface area contributed by atoms with Crippen LogP contribution in [0.3, 0.4) is 0 Å². The van der Waals surface area contributed by atoms with Crippen molar-refractivity contribution >= 4 is 23.0 Å². The largest absolute Gasteiger partial charge is 0.468 e. The van der Waals surface area contributed by atoms with Gasteiger partial charge in [0.05, 0.1) is 22.8 Å². The fraction of sp³-hybridized carbons (Fsp3) is 0.182. The molecule has 0 amide bonds. The van der Waals surface area contributed by atoms with Crippen molar-refractivity contribution in [2.24, 2.45) is 0 Å². The van der Waals surface area contributed by atoms with Crippen LogP contribution < -0.4 is 4.74 Å². The van der Waals surface area contributed by atoms with Gasteiger partial charge in [-0.05, 0) is 30.7 Å². The Bertz CT molecular complexity index is 1340. The minimum Gasteiger partial charge on any atom is -0.468 e. The van der Waals surface area contributed by atoms with Crippen molar-refractivity contribution in [1.82, 2.24) is 19.6 Å². The van der Waals surface area contributed by atoms with E-state index in [1.165, 1.54) is 0 Å². The van der Waals surface area contributed by atoms with E-state index in [2.05, 4.69) is 10.1 Å². The molecule has 2 aliphatic rings. The summed E-state index contributed by atoms with van der Waals surface area (Å²) in [5.74, 6) is 1.85. The first-order chi connectivity index (χ1) is 14.7. The average Bonchev–Trinajstić information content (AvgIpc) is 3.42. The van der Waals surface area contributed by atoms with E-state index in [-0.39, 0.29) is 5.78 Å². The van der Waals surface area contributed by atoms with Crippen LogP contribution in [-0.2, 0) is 4.79 Å². The molecule has 30 heavy (non-hydrogen) atoms. The fourth-order valence-electron chi connectivity index (χ4n) is 4.21. The molecule has 1 aromatic carbocycles. The SMILES string of the molecule is O=C1CCCC2=C1C(c1ccco1)c1c(ncn3nc(-c4ccccc4Cl)nc13)O2. The van der Waals surface area contributed by atoms with E-state index in [9.17, 15) is 4.79 Å². The maximum atomic E-state index is 12.9. The highest BCUT2D eigenvalue weighted by atomic mass is 35.5. The summed E-state index contributed by atoms with van der Waals surface area (Å²) in [4.78, 5) is 22.1. The average molecular weight is 419 g/mol. The normalized spacial score (nSPS) is 18.3. The lowest BCUT2D eigenvalue weighted by Crippen LogP contribution is -2.26. The van der Waals surface area contributed by atoms with Crippen LogP contribution in [0.15, 0.2) is 64.7 Å². The van der Waals surface area contributed by atoms with Crippen molar-refractivity contribution in [3.63, 3.8) is 0 Å². The van der Waals surface area contributed by atoms with Crippen LogP contribution in [0.4, 0.5) is 0 Å². The van der Waals surface area contributed by atoms with E-state index in [1.54, 1.807) is 23.2 Å². The number of fused-ring (bicyclic) bond motifs is 3. The minimum absolute atomic E-state index is 0.0659. The summed E-state index contributed by atoms with van der Waals surface area (Å²) in [6, 6.07) is 11.1. The first kappa shape index (κ1) is 17.4. The number of carbonyl (C=O) groups is 1. The third kappa shape index (κ3) is 2.52. The van der Waals surface area contributed by atoms with Gasteiger partial charge in [-0.2, -0.15) is 0 Å². The van der Waals surface area contributed by atoms with E-state index in [1.807, 2.05) is 30.3 Å². The highest BCUT2D eigenvalue weighted by molar-refractivity contribution is 6.33. The molecule has 0 saturated heterocycles. The number of aromatic nitrogens is 4. The molecule has 148 valence electrons. The van der Waals surface area contributed by atoms with Crippen LogP contribution >= 0.6 is 11.6 Å². The maximum Gasteiger partial charge on any atom is 0.228 e. The molecule has 0 fully saturated rings. The predicted octanol–water partition coefficient (Wildman–Crippen LogP) is 4.57. The Hall–Kier alpha value is -3.45. The molecule has 0 bridgehead atoms. The van der Waals surface area contributed by atoms with E-state index in [0.717, 1.165) is 12.0 Å². The molecular formula is C22H15ClN4O3. The van der Waals surface area contributed by atoms with Crippen molar-refractivity contribution in [3.05, 3.63) is 76.7 Å². The summed E-state index contributed by atoms with van der Waals surface area (Å²) in [6.45, 7) is 0. The number of hydrogen-bond donors (Lipinski definition) is 0. The van der Waals surface area contributed by atoms with Gasteiger partial charge in [-0.15, -0.1) is 5.10 Å². The molecule has 0 radical (unpaired) electrons. The van der Waals surface area contributed by atoms with Crippen molar-refractivity contribution in [1.29, 1.82) is 0 Å². The zero-order valence-corrected chi connectivity index (χ0v) is 16.5. The third-order valence-corrected chi connectivity index (χ3v) is 5.86. The highest BCUT2D eigenvalue weighted by Gasteiger charge is 2.41. The molecule has 3 aromatic heterocycles. The lowest BCUT2D eigenvalue weighted by atomic mass is 9.80. The summed E-state index contributed by atoms with van der Waals surface area (Å²) in [7, 11) is 0. The maximum absolute atomic E-state index is 12.9. The van der Waals surface area contributed by atoms with Gasteiger partial charge in [-0.1, -0.05) is 23.7 Å². The van der Waals surface area contributed by atoms with Gasteiger partial charge in [0.25, 0.3) is 0 Å². The summed E-state index contributed by atoms with van der Waals surface area (Å²) >= 11 is 6.35. The van der Waals surface area contributed by atoms with Gasteiger partial charge in [0.1, 0.15) is 17.8 Å². The number of rotatable bonds is 2. The number of allylic oxidation sites excluding steroid dienone is 2. The van der Waals surface area contributed by atoms with Crippen molar-refractivity contribution in [2.45, 2.75) is 25.2 Å². The second kappa shape index (κ2) is 6.53. The number of carbonyl (C=O) groups excluding carboxylic acids is 1. The fourth-order valence-corrected chi connectivity index (χ4v) is 4.43. The van der Waals surface area contributed by atoms with Crippen LogP contribution in [0, 0.1) is 0 Å². The van der Waals surface area contributed by atoms with E-state index in [0.29, 0.717) is 57.9 Å². The van der Waals surface area contributed by atoms with Crippen LogP contribution in [-0.4, -0.2) is 25.4 Å². The summed E-state index contributed by atoms with van der Waals surface area (Å²) in [5, 5.41) is 5.12. The smallest absolute Gasteiger partial charge is 0.228 e. The Morgan fingerprint density at radius 2 is 2.03 bits per heavy atom. The summed E-state index contributed by atoms with van der Waals surface area (Å²) in [6.07, 6.45) is 5.12. The lowest BCUT2D eigenvalue weighted by Gasteiger charge is -2.30. The number of Topliss-reactive ketones (excluding diaryl/α,β-unsaturated/α-hetero) is 1. The summed E-state index contributed by atoms with van der Waals surface area (Å²) < 4.78 is 13.4. The van der Waals surface area contributed by atoms with Gasteiger partial charge in [-0.25, -0.2) is 14.5 Å². The van der Waals surface area contributed by atoms with Crippen LogP contribution in [0.1, 0.15) is 36.5 Å². The molecular weight excluding hydrogens is 404 g/mol. The molecule has 4 aromatic rings. The molecule has 1 aliphatic heterocycles. The molecule has 1 unspecified atom stereocenters. The predicted molar refractivity (Wildman–Crippen MR) is 108 cm³/mol. The number of halogens is 1. The second-order valence-electron chi connectivity index (χ2n) is 7.31. The molecule has 1 atom stereocenters. The van der Waals surface area contributed by atoms with Crippen LogP contribution in [0.2, 0.25) is 5.02 Å². The van der Waals surface area contributed by atoms with E-state index in [4.69, 9.17) is 25.7 Å². The topological polar surface area (TPSA) is 82.5 Å². The Balaban J connectivity index is 1.62. The van der Waals surface area contributed by atoms with Crippen molar-refractivity contribution < 1.29 is 13.9 Å². The monoisotopic (exact) mass is 418 g/mol. The second-order valence-corrected chi connectivity index (χ2v) is 7.72. The minimum atomic E-state index is -0.439. The number of benzene rings is 1. The third-order valence-electron chi connectivity index (χ3n) is 5.54. The number of nitrogens with zero attached hydrogens (tertiary/aromatic N) is 4. The molecule has 0 spiro atoms. The molecule has 6 rings (SSSR count). The Morgan fingerprint density at radius 3 is 2.87 bits per heavy atom. The molecule has 7 nitrogen and oxygen atoms in total. The first-order valence-corrected chi connectivity index (χ1v) is 10.1. The van der Waals surface area contributed by atoms with Gasteiger partial charge >= 0.3 is 0 Å². The van der Waals surface area contributed by atoms with E-state index >= 15 is 0 Å². The zero-order valence-electron chi connectivity index (χ0n) is 15.7. The Morgan fingerprint density at radius 1 is 1.13 bits per heavy atom. The molecule has 8 heteroatoms. The van der Waals surface area contributed by atoms with Gasteiger partial charge in [0.15, 0.2) is 17.3 Å². The Labute approximate surface area is 176 Å². The highest BCUT2D eigenvalue weighted by Crippen LogP contribution is 2.47. The number of hydrogen-bond acceptors (Lipinski definition) is 6. The molecule has 1 aliphatic carbocycles. The van der Waals surface area contributed by atoms with Gasteiger partial charge in [0.2, 0.25) is 5.88 Å². The van der Waals surface area contributed by atoms with Gasteiger partial charge < -0.3 is 9.15 Å². The number of ketones is 1. The first-order valence-electron chi connectivity index (χ1n) is 9.68. The zero-order chi connectivity index (χ0) is 20.2. The summed E-state index contributed by atoms with van der Waals surface area (Å²) in [5.41, 5.74) is 2.57. The standard InChI is InChI=1S/C22H15ClN4O3/c23-13-6-2-1-5-12(13)20-25-21-19-18(15-9-4-10-29-15)17-14(28)7-3-8-16(17)30-22(19)24-11-27(21)26-20/h1-2,4-6,9-11,18H,3,7-8H2. The van der Waals surface area contributed by atoms with Crippen molar-refractivity contribution in [2.75, 3.05) is 0 Å². The molecule has 0 saturated carbocycles.